The summed E-state index contributed by atoms with van der Waals surface area (Å²) in [4.78, 5) is 37.1. The maximum atomic E-state index is 13.4. The molecule has 0 radical (unpaired) electrons. The first-order chi connectivity index (χ1) is 16.6. The highest BCUT2D eigenvalue weighted by Gasteiger charge is 2.43. The van der Waals surface area contributed by atoms with Crippen LogP contribution in [0.25, 0.3) is 28.0 Å². The van der Waals surface area contributed by atoms with Gasteiger partial charge in [-0.3, -0.25) is 9.59 Å². The molecule has 0 atom stereocenters. The van der Waals surface area contributed by atoms with Crippen LogP contribution < -0.4 is 10.6 Å². The summed E-state index contributed by atoms with van der Waals surface area (Å²) < 4.78 is 3.50. The second-order valence-corrected chi connectivity index (χ2v) is 9.40. The highest BCUT2D eigenvalue weighted by molar-refractivity contribution is 6.28. The van der Waals surface area contributed by atoms with Gasteiger partial charge in [-0.05, 0) is 43.6 Å². The zero-order valence-corrected chi connectivity index (χ0v) is 20.6. The molecule has 0 aliphatic carbocycles. The van der Waals surface area contributed by atoms with Gasteiger partial charge in [-0.25, -0.2) is 14.5 Å². The molecule has 5 rings (SSSR count). The predicted octanol–water partition coefficient (Wildman–Crippen LogP) is 3.01. The van der Waals surface area contributed by atoms with E-state index in [0.717, 1.165) is 28.2 Å². The lowest BCUT2D eigenvalue weighted by molar-refractivity contribution is -0.145. The number of fused-ring (bicyclic) bond motifs is 1. The first-order valence-corrected chi connectivity index (χ1v) is 11.5. The Hall–Kier alpha value is -3.92. The number of nitrogens with two attached hydrogens (primary N) is 1. The number of aromatic nitrogens is 5. The topological polar surface area (TPSA) is 115 Å². The number of hydrogen-bond donors (Lipinski definition) is 1. The normalized spacial score (nSPS) is 15.7. The lowest BCUT2D eigenvalue weighted by Gasteiger charge is -2.45. The van der Waals surface area contributed by atoms with Crippen molar-refractivity contribution in [2.75, 3.05) is 23.7 Å². The Morgan fingerprint density at radius 3 is 2.60 bits per heavy atom. The number of amides is 2. The number of anilines is 2. The zero-order chi connectivity index (χ0) is 25.1. The van der Waals surface area contributed by atoms with E-state index < -0.39 is 5.54 Å². The van der Waals surface area contributed by atoms with E-state index in [-0.39, 0.29) is 11.8 Å². The maximum Gasteiger partial charge on any atom is 0.252 e. The van der Waals surface area contributed by atoms with Gasteiger partial charge in [-0.15, -0.1) is 0 Å². The average Bonchev–Trinajstić information content (AvgIpc) is 3.36. The summed E-state index contributed by atoms with van der Waals surface area (Å²) in [6.07, 6.45) is 3.09. The van der Waals surface area contributed by atoms with Crippen LogP contribution in [0.2, 0.25) is 5.28 Å². The van der Waals surface area contributed by atoms with E-state index in [0.29, 0.717) is 29.7 Å². The molecule has 4 heterocycles. The van der Waals surface area contributed by atoms with Crippen LogP contribution in [0, 0.1) is 0 Å². The van der Waals surface area contributed by atoms with Gasteiger partial charge in [0.25, 0.3) is 5.91 Å². The summed E-state index contributed by atoms with van der Waals surface area (Å²) in [6.45, 7) is 5.91. The van der Waals surface area contributed by atoms with E-state index >= 15 is 0 Å². The minimum Gasteiger partial charge on any atom is -0.382 e. The number of hydrogen-bond acceptors (Lipinski definition) is 6. The van der Waals surface area contributed by atoms with E-state index in [4.69, 9.17) is 17.3 Å². The Morgan fingerprint density at radius 2 is 1.91 bits per heavy atom. The van der Waals surface area contributed by atoms with Gasteiger partial charge < -0.3 is 20.1 Å². The number of rotatable bonds is 3. The maximum absolute atomic E-state index is 13.4. The summed E-state index contributed by atoms with van der Waals surface area (Å²) in [6, 6.07) is 9.64. The molecule has 10 nitrogen and oxygen atoms in total. The molecule has 0 saturated carbocycles. The molecule has 11 heteroatoms. The van der Waals surface area contributed by atoms with Crippen molar-refractivity contribution in [3.05, 3.63) is 48.1 Å². The third kappa shape index (κ3) is 3.52. The molecule has 0 spiro atoms. The predicted molar refractivity (Wildman–Crippen MR) is 134 cm³/mol. The monoisotopic (exact) mass is 492 g/mol. The number of halogens is 1. The lowest BCUT2D eigenvalue weighted by Crippen LogP contribution is -2.64. The van der Waals surface area contributed by atoms with Crippen molar-refractivity contribution in [3.63, 3.8) is 0 Å². The quantitative estimate of drug-likeness (QED) is 0.470. The SMILES string of the molecule is CC(=O)N1CCN(c2cccc(-c3cc(-c4cnc(Cl)n4C)c4c(N)ncnn34)c2)C(=O)C1(C)C. The van der Waals surface area contributed by atoms with Gasteiger partial charge >= 0.3 is 0 Å². The van der Waals surface area contributed by atoms with Crippen molar-refractivity contribution >= 4 is 40.4 Å². The van der Waals surface area contributed by atoms with Crippen molar-refractivity contribution in [1.82, 2.24) is 29.0 Å². The van der Waals surface area contributed by atoms with Gasteiger partial charge in [0, 0.05) is 43.9 Å². The van der Waals surface area contributed by atoms with Crippen LogP contribution in [0.3, 0.4) is 0 Å². The average molecular weight is 493 g/mol. The number of nitrogens with zero attached hydrogens (tertiary/aromatic N) is 7. The Morgan fingerprint density at radius 1 is 1.14 bits per heavy atom. The Balaban J connectivity index is 1.62. The fourth-order valence-electron chi connectivity index (χ4n) is 4.76. The second-order valence-electron chi connectivity index (χ2n) is 9.06. The Labute approximate surface area is 206 Å². The highest BCUT2D eigenvalue weighted by atomic mass is 35.5. The molecule has 0 unspecified atom stereocenters. The van der Waals surface area contributed by atoms with Crippen LogP contribution in [-0.2, 0) is 16.6 Å². The molecule has 1 fully saturated rings. The standard InChI is InChI=1S/C24H25ClN8O2/c1-14(34)32-9-8-31(22(35)24(32,2)3)16-7-5-6-15(10-16)18-11-17(19-12-27-23(25)30(19)4)20-21(26)28-13-29-33(18)20/h5-7,10-13H,8-9H2,1-4H3,(H2,26,28,29). The van der Waals surface area contributed by atoms with Crippen LogP contribution in [0.1, 0.15) is 20.8 Å². The van der Waals surface area contributed by atoms with E-state index in [1.165, 1.54) is 13.3 Å². The van der Waals surface area contributed by atoms with E-state index in [9.17, 15) is 9.59 Å². The molecule has 2 amide bonds. The van der Waals surface area contributed by atoms with Crippen molar-refractivity contribution in [2.45, 2.75) is 26.3 Å². The summed E-state index contributed by atoms with van der Waals surface area (Å²) >= 11 is 6.19. The molecule has 180 valence electrons. The molecule has 1 aromatic carbocycles. The first kappa shape index (κ1) is 22.9. The molecule has 35 heavy (non-hydrogen) atoms. The third-order valence-corrected chi connectivity index (χ3v) is 6.97. The summed E-state index contributed by atoms with van der Waals surface area (Å²) in [5.74, 6) is 0.0800. The van der Waals surface area contributed by atoms with Gasteiger partial charge in [-0.1, -0.05) is 12.1 Å². The summed E-state index contributed by atoms with van der Waals surface area (Å²) in [5.41, 5.74) is 9.88. The van der Waals surface area contributed by atoms with Gasteiger partial charge in [0.15, 0.2) is 5.82 Å². The fraction of sp³-hybridized carbons (Fsp3) is 0.292. The molecule has 1 aliphatic heterocycles. The minimum atomic E-state index is -0.935. The number of carbonyl (C=O) groups is 2. The lowest BCUT2D eigenvalue weighted by atomic mass is 9.96. The first-order valence-electron chi connectivity index (χ1n) is 11.1. The zero-order valence-electron chi connectivity index (χ0n) is 19.9. The number of carbonyl (C=O) groups excluding carboxylic acids is 2. The van der Waals surface area contributed by atoms with Crippen LogP contribution in [0.4, 0.5) is 11.5 Å². The molecule has 2 N–H and O–H groups in total. The number of piperazine rings is 1. The van der Waals surface area contributed by atoms with Gasteiger partial charge in [-0.2, -0.15) is 5.10 Å². The second kappa shape index (κ2) is 8.09. The van der Waals surface area contributed by atoms with E-state index in [2.05, 4.69) is 15.1 Å². The van der Waals surface area contributed by atoms with Crippen molar-refractivity contribution < 1.29 is 9.59 Å². The Bertz CT molecular complexity index is 1490. The van der Waals surface area contributed by atoms with Gasteiger partial charge in [0.05, 0.1) is 17.6 Å². The van der Waals surface area contributed by atoms with Crippen LogP contribution in [0.5, 0.6) is 0 Å². The molecular formula is C24H25ClN8O2. The smallest absolute Gasteiger partial charge is 0.252 e. The van der Waals surface area contributed by atoms with Crippen molar-refractivity contribution in [3.8, 4) is 22.5 Å². The Kier molecular flexibility index (Phi) is 5.28. The minimum absolute atomic E-state index is 0.114. The third-order valence-electron chi connectivity index (χ3n) is 6.61. The van der Waals surface area contributed by atoms with Crippen molar-refractivity contribution in [1.29, 1.82) is 0 Å². The van der Waals surface area contributed by atoms with E-state index in [1.54, 1.807) is 38.9 Å². The number of benzene rings is 1. The largest absolute Gasteiger partial charge is 0.382 e. The molecule has 4 aromatic rings. The van der Waals surface area contributed by atoms with Crippen LogP contribution in [0.15, 0.2) is 42.9 Å². The van der Waals surface area contributed by atoms with Crippen molar-refractivity contribution in [2.24, 2.45) is 7.05 Å². The highest BCUT2D eigenvalue weighted by Crippen LogP contribution is 2.37. The molecule has 3 aromatic heterocycles. The number of nitrogen functional groups attached to an aromatic ring is 1. The number of imidazole rings is 1. The van der Waals surface area contributed by atoms with Gasteiger partial charge in [0.1, 0.15) is 17.4 Å². The molecule has 1 saturated heterocycles. The molecule has 0 bridgehead atoms. The van der Waals surface area contributed by atoms with E-state index in [1.807, 2.05) is 37.4 Å². The van der Waals surface area contributed by atoms with Crippen LogP contribution in [-0.4, -0.2) is 59.5 Å². The van der Waals surface area contributed by atoms with Gasteiger partial charge in [0.2, 0.25) is 11.2 Å². The summed E-state index contributed by atoms with van der Waals surface area (Å²) in [7, 11) is 1.82. The van der Waals surface area contributed by atoms with Crippen LogP contribution >= 0.6 is 11.6 Å². The molecular weight excluding hydrogens is 468 g/mol. The summed E-state index contributed by atoms with van der Waals surface area (Å²) in [5, 5.41) is 4.80. The molecule has 1 aliphatic rings. The fourth-order valence-corrected chi connectivity index (χ4v) is 4.90.